The predicted octanol–water partition coefficient (Wildman–Crippen LogP) is 1.89. The maximum atomic E-state index is 12.6. The molecule has 2 heterocycles. The molecular formula is C18H20N2O3. The molecule has 0 spiro atoms. The van der Waals surface area contributed by atoms with E-state index in [9.17, 15) is 9.90 Å². The van der Waals surface area contributed by atoms with Crippen LogP contribution in [0.3, 0.4) is 0 Å². The zero-order valence-electron chi connectivity index (χ0n) is 13.1. The molecule has 3 rings (SSSR count). The van der Waals surface area contributed by atoms with Crippen molar-refractivity contribution >= 4 is 5.91 Å². The van der Waals surface area contributed by atoms with E-state index in [4.69, 9.17) is 4.74 Å². The summed E-state index contributed by atoms with van der Waals surface area (Å²) in [6, 6.07) is 11.1. The largest absolute Gasteiger partial charge is 0.394 e. The molecule has 0 radical (unpaired) electrons. The molecule has 1 unspecified atom stereocenters. The number of morpholine rings is 1. The number of pyridine rings is 1. The Morgan fingerprint density at radius 2 is 2.13 bits per heavy atom. The number of carbonyl (C=O) groups is 1. The first-order chi connectivity index (χ1) is 11.2. The number of nitrogens with zero attached hydrogens (tertiary/aromatic N) is 2. The predicted molar refractivity (Wildman–Crippen MR) is 87.1 cm³/mol. The van der Waals surface area contributed by atoms with Crippen LogP contribution in [0.5, 0.6) is 0 Å². The summed E-state index contributed by atoms with van der Waals surface area (Å²) in [7, 11) is 0. The van der Waals surface area contributed by atoms with Crippen molar-refractivity contribution in [3.63, 3.8) is 0 Å². The number of benzene rings is 1. The van der Waals surface area contributed by atoms with Gasteiger partial charge in [-0.15, -0.1) is 0 Å². The lowest BCUT2D eigenvalue weighted by Crippen LogP contribution is -2.50. The van der Waals surface area contributed by atoms with E-state index < -0.39 is 0 Å². The van der Waals surface area contributed by atoms with Crippen LogP contribution in [-0.4, -0.2) is 53.3 Å². The number of amides is 1. The molecule has 5 heteroatoms. The smallest absolute Gasteiger partial charge is 0.254 e. The van der Waals surface area contributed by atoms with Gasteiger partial charge >= 0.3 is 0 Å². The van der Waals surface area contributed by atoms with Gasteiger partial charge in [0.05, 0.1) is 31.6 Å². The molecule has 1 aliphatic rings. The molecule has 5 nitrogen and oxygen atoms in total. The molecule has 0 saturated carbocycles. The van der Waals surface area contributed by atoms with Gasteiger partial charge in [-0.25, -0.2) is 0 Å². The van der Waals surface area contributed by atoms with Crippen LogP contribution >= 0.6 is 0 Å². The van der Waals surface area contributed by atoms with Gasteiger partial charge in [0.25, 0.3) is 5.91 Å². The number of hydrogen-bond donors (Lipinski definition) is 1. The van der Waals surface area contributed by atoms with Gasteiger partial charge < -0.3 is 14.7 Å². The minimum Gasteiger partial charge on any atom is -0.394 e. The van der Waals surface area contributed by atoms with Crippen LogP contribution in [0.25, 0.3) is 11.3 Å². The third-order valence-corrected chi connectivity index (χ3v) is 4.11. The average Bonchev–Trinajstić information content (AvgIpc) is 2.61. The fourth-order valence-electron chi connectivity index (χ4n) is 2.80. The number of rotatable bonds is 3. The molecule has 1 atom stereocenters. The molecule has 23 heavy (non-hydrogen) atoms. The Hall–Kier alpha value is -2.24. The highest BCUT2D eigenvalue weighted by molar-refractivity contribution is 5.95. The number of aryl methyl sites for hydroxylation is 1. The van der Waals surface area contributed by atoms with E-state index in [1.54, 1.807) is 11.1 Å². The first-order valence-electron chi connectivity index (χ1n) is 7.72. The minimum absolute atomic E-state index is 0.0726. The normalized spacial score (nSPS) is 18.0. The number of aliphatic hydroxyl groups excluding tert-OH is 1. The van der Waals surface area contributed by atoms with Gasteiger partial charge in [0.15, 0.2) is 0 Å². The summed E-state index contributed by atoms with van der Waals surface area (Å²) in [4.78, 5) is 18.7. The van der Waals surface area contributed by atoms with E-state index in [-0.39, 0.29) is 18.6 Å². The van der Waals surface area contributed by atoms with Crippen LogP contribution in [-0.2, 0) is 4.74 Å². The third kappa shape index (κ3) is 3.25. The van der Waals surface area contributed by atoms with Gasteiger partial charge in [0, 0.05) is 23.9 Å². The molecule has 1 fully saturated rings. The Morgan fingerprint density at radius 3 is 2.83 bits per heavy atom. The highest BCUT2D eigenvalue weighted by Gasteiger charge is 2.27. The van der Waals surface area contributed by atoms with Gasteiger partial charge in [-0.1, -0.05) is 18.2 Å². The van der Waals surface area contributed by atoms with Crippen LogP contribution in [0, 0.1) is 6.92 Å². The molecule has 0 bridgehead atoms. The lowest BCUT2D eigenvalue weighted by Gasteiger charge is -2.34. The van der Waals surface area contributed by atoms with E-state index >= 15 is 0 Å². The number of ether oxygens (including phenoxy) is 1. The molecule has 1 aromatic carbocycles. The average molecular weight is 312 g/mol. The Kier molecular flexibility index (Phi) is 4.69. The summed E-state index contributed by atoms with van der Waals surface area (Å²) in [5.74, 6) is -0.0726. The number of carbonyl (C=O) groups excluding carboxylic acids is 1. The van der Waals surface area contributed by atoms with Crippen molar-refractivity contribution in [2.45, 2.75) is 13.0 Å². The number of aliphatic hydroxyl groups is 1. The fraction of sp³-hybridized carbons (Fsp3) is 0.333. The number of aromatic nitrogens is 1. The topological polar surface area (TPSA) is 62.7 Å². The van der Waals surface area contributed by atoms with Gasteiger partial charge in [0.1, 0.15) is 0 Å². The fourth-order valence-corrected chi connectivity index (χ4v) is 2.80. The van der Waals surface area contributed by atoms with E-state index in [0.29, 0.717) is 25.3 Å². The molecule has 2 aromatic rings. The van der Waals surface area contributed by atoms with Crippen LogP contribution in [0.2, 0.25) is 0 Å². The Bertz CT molecular complexity index is 685. The second-order valence-electron chi connectivity index (χ2n) is 5.66. The Morgan fingerprint density at radius 1 is 1.35 bits per heavy atom. The minimum atomic E-state index is -0.269. The monoisotopic (exact) mass is 312 g/mol. The van der Waals surface area contributed by atoms with E-state index in [0.717, 1.165) is 16.8 Å². The Balaban J connectivity index is 1.82. The zero-order chi connectivity index (χ0) is 16.2. The summed E-state index contributed by atoms with van der Waals surface area (Å²) in [5, 5.41) is 9.40. The second-order valence-corrected chi connectivity index (χ2v) is 5.66. The second kappa shape index (κ2) is 6.89. The van der Waals surface area contributed by atoms with Gasteiger partial charge in [0.2, 0.25) is 0 Å². The summed E-state index contributed by atoms with van der Waals surface area (Å²) < 4.78 is 5.32. The summed E-state index contributed by atoms with van der Waals surface area (Å²) >= 11 is 0. The molecule has 1 aliphatic heterocycles. The maximum Gasteiger partial charge on any atom is 0.254 e. The SMILES string of the molecule is Cc1cccnc1-c1ccc(C(=O)N2CCOCC2CO)cc1. The van der Waals surface area contributed by atoms with Gasteiger partial charge in [-0.3, -0.25) is 9.78 Å². The van der Waals surface area contributed by atoms with Crippen molar-refractivity contribution in [2.75, 3.05) is 26.4 Å². The van der Waals surface area contributed by atoms with Crippen molar-refractivity contribution in [3.8, 4) is 11.3 Å². The zero-order valence-corrected chi connectivity index (χ0v) is 13.1. The standard InChI is InChI=1S/C18H20N2O3/c1-13-3-2-8-19-17(13)14-4-6-15(7-5-14)18(22)20-9-10-23-12-16(20)11-21/h2-8,16,21H,9-12H2,1H3. The maximum absolute atomic E-state index is 12.6. The lowest BCUT2D eigenvalue weighted by atomic mass is 10.0. The van der Waals surface area contributed by atoms with E-state index in [2.05, 4.69) is 4.98 Å². The highest BCUT2D eigenvalue weighted by atomic mass is 16.5. The molecule has 0 aliphatic carbocycles. The first kappa shape index (κ1) is 15.6. The van der Waals surface area contributed by atoms with Crippen LogP contribution < -0.4 is 0 Å². The molecule has 1 aromatic heterocycles. The molecule has 120 valence electrons. The van der Waals surface area contributed by atoms with E-state index in [1.807, 2.05) is 43.3 Å². The van der Waals surface area contributed by atoms with Crippen molar-refractivity contribution in [2.24, 2.45) is 0 Å². The number of hydrogen-bond acceptors (Lipinski definition) is 4. The van der Waals surface area contributed by atoms with Crippen molar-refractivity contribution in [3.05, 3.63) is 53.7 Å². The first-order valence-corrected chi connectivity index (χ1v) is 7.72. The summed E-state index contributed by atoms with van der Waals surface area (Å²) in [6.45, 7) is 3.32. The molecule has 1 saturated heterocycles. The van der Waals surface area contributed by atoms with Crippen LogP contribution in [0.4, 0.5) is 0 Å². The molecule has 1 amide bonds. The molecular weight excluding hydrogens is 292 g/mol. The lowest BCUT2D eigenvalue weighted by molar-refractivity contribution is -0.0183. The Labute approximate surface area is 135 Å². The molecule has 1 N–H and O–H groups in total. The van der Waals surface area contributed by atoms with Crippen molar-refractivity contribution in [1.29, 1.82) is 0 Å². The van der Waals surface area contributed by atoms with Crippen LogP contribution in [0.15, 0.2) is 42.6 Å². The van der Waals surface area contributed by atoms with Crippen LogP contribution in [0.1, 0.15) is 15.9 Å². The van der Waals surface area contributed by atoms with Crippen molar-refractivity contribution < 1.29 is 14.6 Å². The quantitative estimate of drug-likeness (QED) is 0.940. The van der Waals surface area contributed by atoms with E-state index in [1.165, 1.54) is 0 Å². The van der Waals surface area contributed by atoms with Gasteiger partial charge in [-0.05, 0) is 30.7 Å². The highest BCUT2D eigenvalue weighted by Crippen LogP contribution is 2.22. The summed E-state index contributed by atoms with van der Waals surface area (Å²) in [5.41, 5.74) is 3.62. The van der Waals surface area contributed by atoms with Crippen molar-refractivity contribution in [1.82, 2.24) is 9.88 Å². The van der Waals surface area contributed by atoms with Gasteiger partial charge in [-0.2, -0.15) is 0 Å². The summed E-state index contributed by atoms with van der Waals surface area (Å²) in [6.07, 6.45) is 1.76. The third-order valence-electron chi connectivity index (χ3n) is 4.11.